The van der Waals surface area contributed by atoms with E-state index < -0.39 is 33.3 Å². The Labute approximate surface area is 224 Å². The van der Waals surface area contributed by atoms with Gasteiger partial charge in [0.05, 0.1) is 35.8 Å². The highest BCUT2D eigenvalue weighted by Gasteiger charge is 2.53. The van der Waals surface area contributed by atoms with Crippen LogP contribution in [0.15, 0.2) is 34.3 Å². The van der Waals surface area contributed by atoms with Gasteiger partial charge in [-0.3, -0.25) is 4.79 Å². The van der Waals surface area contributed by atoms with E-state index in [0.717, 1.165) is 11.3 Å². The molecule has 2 amide bonds. The number of hydrogen-bond donors (Lipinski definition) is 2. The summed E-state index contributed by atoms with van der Waals surface area (Å²) in [6.45, 7) is 8.29. The standard InChI is InChI=1S/C26H38N4O7S/c1-18-5-11-21(12-6-18)38(33,34)29-28-19-7-9-20(10-8-19)36-15-22-26(17-35-16-23(31)27-26)13-14-30(22)24(32)37-25(2,3)4/h5-6,11-12,20,22,29H,7-10,13-17H2,1-4H3,(H,27,31). The number of hydrazone groups is 1. The van der Waals surface area contributed by atoms with Gasteiger partial charge in [-0.05, 0) is 71.9 Å². The minimum absolute atomic E-state index is 0.000169. The quantitative estimate of drug-likeness (QED) is 0.520. The van der Waals surface area contributed by atoms with E-state index in [4.69, 9.17) is 14.2 Å². The van der Waals surface area contributed by atoms with Crippen molar-refractivity contribution in [2.75, 3.05) is 26.4 Å². The van der Waals surface area contributed by atoms with Gasteiger partial charge in [0, 0.05) is 12.3 Å². The van der Waals surface area contributed by atoms with E-state index in [1.54, 1.807) is 29.2 Å². The molecule has 0 bridgehead atoms. The molecule has 1 aliphatic carbocycles. The average Bonchev–Trinajstić information content (AvgIpc) is 3.18. The van der Waals surface area contributed by atoms with E-state index >= 15 is 0 Å². The van der Waals surface area contributed by atoms with Crippen molar-refractivity contribution in [1.29, 1.82) is 0 Å². The summed E-state index contributed by atoms with van der Waals surface area (Å²) in [6.07, 6.45) is 2.54. The Hall–Kier alpha value is -2.70. The van der Waals surface area contributed by atoms with E-state index in [1.807, 2.05) is 27.7 Å². The highest BCUT2D eigenvalue weighted by atomic mass is 32.2. The topological polar surface area (TPSA) is 136 Å². The van der Waals surface area contributed by atoms with Crippen LogP contribution in [0.2, 0.25) is 0 Å². The van der Waals surface area contributed by atoms with Crippen molar-refractivity contribution in [2.24, 2.45) is 5.10 Å². The minimum Gasteiger partial charge on any atom is -0.444 e. The largest absolute Gasteiger partial charge is 0.444 e. The first kappa shape index (κ1) is 28.3. The van der Waals surface area contributed by atoms with E-state index in [9.17, 15) is 18.0 Å². The molecule has 3 fully saturated rings. The van der Waals surface area contributed by atoms with E-state index in [1.165, 1.54) is 0 Å². The lowest BCUT2D eigenvalue weighted by atomic mass is 9.90. The lowest BCUT2D eigenvalue weighted by molar-refractivity contribution is -0.137. The SMILES string of the molecule is Cc1ccc(S(=O)(=O)NN=C2CCC(OCC3N(C(=O)OC(C)(C)C)CCC34COCC(=O)N4)CC2)cc1. The average molecular weight is 551 g/mol. The number of carbonyl (C=O) groups excluding carboxylic acids is 2. The molecule has 0 radical (unpaired) electrons. The lowest BCUT2D eigenvalue weighted by Gasteiger charge is -2.41. The van der Waals surface area contributed by atoms with Crippen LogP contribution in [0, 0.1) is 6.92 Å². The molecule has 2 heterocycles. The first-order valence-electron chi connectivity index (χ1n) is 13.0. The first-order chi connectivity index (χ1) is 17.9. The maximum Gasteiger partial charge on any atom is 0.410 e. The zero-order valence-electron chi connectivity index (χ0n) is 22.5. The summed E-state index contributed by atoms with van der Waals surface area (Å²) < 4.78 is 42.5. The van der Waals surface area contributed by atoms with Gasteiger partial charge in [-0.1, -0.05) is 17.7 Å². The van der Waals surface area contributed by atoms with Gasteiger partial charge in [0.25, 0.3) is 10.0 Å². The molecule has 210 valence electrons. The Bertz CT molecular complexity index is 1150. The number of rotatable bonds is 6. The molecule has 11 nitrogen and oxygen atoms in total. The molecular formula is C26H38N4O7S. The van der Waals surface area contributed by atoms with Crippen molar-refractivity contribution in [3.05, 3.63) is 29.8 Å². The van der Waals surface area contributed by atoms with Crippen LogP contribution in [-0.4, -0.2) is 80.7 Å². The molecule has 1 spiro atoms. The van der Waals surface area contributed by atoms with Crippen molar-refractivity contribution in [3.8, 4) is 0 Å². The molecule has 4 rings (SSSR count). The van der Waals surface area contributed by atoms with Crippen molar-refractivity contribution >= 4 is 27.7 Å². The van der Waals surface area contributed by atoms with Gasteiger partial charge < -0.3 is 24.4 Å². The summed E-state index contributed by atoms with van der Waals surface area (Å²) in [5.41, 5.74) is 0.373. The normalized spacial score (nSPS) is 26.3. The fourth-order valence-corrected chi connectivity index (χ4v) is 5.89. The van der Waals surface area contributed by atoms with Gasteiger partial charge >= 0.3 is 6.09 Å². The molecule has 2 atom stereocenters. The first-order valence-corrected chi connectivity index (χ1v) is 14.5. The van der Waals surface area contributed by atoms with Crippen LogP contribution in [0.5, 0.6) is 0 Å². The number of morpholine rings is 1. The Morgan fingerprint density at radius 3 is 2.55 bits per heavy atom. The molecule has 2 unspecified atom stereocenters. The predicted octanol–water partition coefficient (Wildman–Crippen LogP) is 2.48. The molecule has 1 aromatic carbocycles. The minimum atomic E-state index is -3.72. The molecule has 3 aliphatic rings. The number of aryl methyl sites for hydroxylation is 1. The van der Waals surface area contributed by atoms with Gasteiger partial charge in [-0.2, -0.15) is 13.5 Å². The smallest absolute Gasteiger partial charge is 0.410 e. The summed E-state index contributed by atoms with van der Waals surface area (Å²) in [6, 6.07) is 6.16. The monoisotopic (exact) mass is 550 g/mol. The zero-order valence-corrected chi connectivity index (χ0v) is 23.3. The third kappa shape index (κ3) is 6.83. The van der Waals surface area contributed by atoms with Crippen LogP contribution in [0.3, 0.4) is 0 Å². The summed E-state index contributed by atoms with van der Waals surface area (Å²) in [7, 11) is -3.72. The molecule has 2 saturated heterocycles. The summed E-state index contributed by atoms with van der Waals surface area (Å²) >= 11 is 0. The van der Waals surface area contributed by atoms with Crippen LogP contribution in [0.4, 0.5) is 4.79 Å². The Morgan fingerprint density at radius 1 is 1.24 bits per heavy atom. The highest BCUT2D eigenvalue weighted by molar-refractivity contribution is 7.89. The van der Waals surface area contributed by atoms with Crippen LogP contribution in [0.1, 0.15) is 58.4 Å². The molecular weight excluding hydrogens is 512 g/mol. The molecule has 12 heteroatoms. The molecule has 1 saturated carbocycles. The van der Waals surface area contributed by atoms with E-state index in [0.29, 0.717) is 45.3 Å². The number of sulfonamides is 1. The van der Waals surface area contributed by atoms with Gasteiger partial charge in [-0.15, -0.1) is 0 Å². The number of nitrogens with one attached hydrogen (secondary N) is 2. The third-order valence-electron chi connectivity index (χ3n) is 7.08. The zero-order chi connectivity index (χ0) is 27.6. The van der Waals surface area contributed by atoms with Crippen LogP contribution in [0.25, 0.3) is 0 Å². The van der Waals surface area contributed by atoms with Crippen molar-refractivity contribution in [2.45, 2.75) is 88.0 Å². The van der Waals surface area contributed by atoms with Gasteiger partial charge in [-0.25, -0.2) is 9.63 Å². The van der Waals surface area contributed by atoms with Crippen molar-refractivity contribution in [3.63, 3.8) is 0 Å². The maximum atomic E-state index is 13.0. The van der Waals surface area contributed by atoms with Crippen LogP contribution >= 0.6 is 0 Å². The van der Waals surface area contributed by atoms with Crippen LogP contribution < -0.4 is 10.1 Å². The van der Waals surface area contributed by atoms with Crippen LogP contribution in [-0.2, 0) is 29.0 Å². The summed E-state index contributed by atoms with van der Waals surface area (Å²) in [5.74, 6) is -0.209. The number of likely N-dealkylation sites (tertiary alicyclic amines) is 1. The second-order valence-electron chi connectivity index (χ2n) is 11.3. The third-order valence-corrected chi connectivity index (χ3v) is 8.30. The van der Waals surface area contributed by atoms with Gasteiger partial charge in [0.15, 0.2) is 0 Å². The lowest BCUT2D eigenvalue weighted by Crippen LogP contribution is -2.65. The number of amides is 2. The molecule has 38 heavy (non-hydrogen) atoms. The summed E-state index contributed by atoms with van der Waals surface area (Å²) in [5, 5.41) is 7.22. The Kier molecular flexibility index (Phi) is 8.34. The number of carbonyl (C=O) groups is 2. The number of hydrogen-bond acceptors (Lipinski definition) is 8. The Morgan fingerprint density at radius 2 is 1.92 bits per heavy atom. The molecule has 2 aliphatic heterocycles. The fourth-order valence-electron chi connectivity index (χ4n) is 5.04. The fraction of sp³-hybridized carbons (Fsp3) is 0.654. The number of ether oxygens (including phenoxy) is 3. The van der Waals surface area contributed by atoms with Crippen molar-refractivity contribution in [1.82, 2.24) is 15.0 Å². The highest BCUT2D eigenvalue weighted by Crippen LogP contribution is 2.33. The predicted molar refractivity (Wildman–Crippen MR) is 140 cm³/mol. The summed E-state index contributed by atoms with van der Waals surface area (Å²) in [4.78, 5) is 29.3. The molecule has 1 aromatic rings. The van der Waals surface area contributed by atoms with Gasteiger partial charge in [0.2, 0.25) is 5.91 Å². The number of benzene rings is 1. The Balaban J connectivity index is 1.35. The second kappa shape index (κ2) is 11.2. The van der Waals surface area contributed by atoms with E-state index in [2.05, 4.69) is 15.2 Å². The van der Waals surface area contributed by atoms with Crippen molar-refractivity contribution < 1.29 is 32.2 Å². The maximum absolute atomic E-state index is 13.0. The van der Waals surface area contributed by atoms with Gasteiger partial charge in [0.1, 0.15) is 12.2 Å². The second-order valence-corrected chi connectivity index (χ2v) is 12.9. The van der Waals surface area contributed by atoms with E-state index in [-0.39, 0.29) is 30.1 Å². The number of nitrogens with zero attached hydrogens (tertiary/aromatic N) is 2. The molecule has 2 N–H and O–H groups in total. The molecule has 0 aromatic heterocycles.